The molecule has 1 aliphatic heterocycles. The highest BCUT2D eigenvalue weighted by atomic mass is 16.3. The molecule has 4 heteroatoms. The summed E-state index contributed by atoms with van der Waals surface area (Å²) < 4.78 is 5.41. The van der Waals surface area contributed by atoms with Crippen molar-refractivity contribution in [2.75, 3.05) is 13.1 Å². The molecule has 2 heterocycles. The summed E-state index contributed by atoms with van der Waals surface area (Å²) in [4.78, 5) is 11.8. The van der Waals surface area contributed by atoms with Crippen molar-refractivity contribution in [3.63, 3.8) is 0 Å². The summed E-state index contributed by atoms with van der Waals surface area (Å²) in [7, 11) is 0. The Bertz CT molecular complexity index is 373. The van der Waals surface area contributed by atoms with Gasteiger partial charge in [0.2, 0.25) is 0 Å². The number of rotatable bonds is 3. The van der Waals surface area contributed by atoms with Gasteiger partial charge in [-0.05, 0) is 24.6 Å². The lowest BCUT2D eigenvalue weighted by Gasteiger charge is -2.14. The standard InChI is InChI=1S/C12H18N2O2/c1-3-9-4-5-11(16-9)12(15)14-10-7-13-6-8(10)2/h4-5,8,10,13H,3,6-7H2,1-2H3,(H,14,15). The average molecular weight is 222 g/mol. The Morgan fingerprint density at radius 3 is 2.94 bits per heavy atom. The number of nitrogens with one attached hydrogen (secondary N) is 2. The molecule has 0 saturated carbocycles. The van der Waals surface area contributed by atoms with Gasteiger partial charge in [-0.25, -0.2) is 0 Å². The molecule has 2 unspecified atom stereocenters. The van der Waals surface area contributed by atoms with Gasteiger partial charge < -0.3 is 15.1 Å². The molecule has 2 atom stereocenters. The summed E-state index contributed by atoms with van der Waals surface area (Å²) in [6.07, 6.45) is 0.814. The van der Waals surface area contributed by atoms with Gasteiger partial charge in [0, 0.05) is 19.0 Å². The normalized spacial score (nSPS) is 24.6. The lowest BCUT2D eigenvalue weighted by molar-refractivity contribution is 0.0903. The van der Waals surface area contributed by atoms with E-state index >= 15 is 0 Å². The quantitative estimate of drug-likeness (QED) is 0.807. The number of hydrogen-bond acceptors (Lipinski definition) is 3. The summed E-state index contributed by atoms with van der Waals surface area (Å²) in [6.45, 7) is 5.94. The van der Waals surface area contributed by atoms with E-state index in [1.54, 1.807) is 6.07 Å². The summed E-state index contributed by atoms with van der Waals surface area (Å²) in [5.74, 6) is 1.63. The first-order valence-corrected chi connectivity index (χ1v) is 5.81. The van der Waals surface area contributed by atoms with Crippen LogP contribution in [0.3, 0.4) is 0 Å². The Hall–Kier alpha value is -1.29. The van der Waals surface area contributed by atoms with Crippen molar-refractivity contribution in [1.82, 2.24) is 10.6 Å². The van der Waals surface area contributed by atoms with Gasteiger partial charge in [-0.1, -0.05) is 13.8 Å². The van der Waals surface area contributed by atoms with Crippen molar-refractivity contribution in [2.24, 2.45) is 5.92 Å². The zero-order chi connectivity index (χ0) is 11.5. The van der Waals surface area contributed by atoms with Crippen LogP contribution in [0.15, 0.2) is 16.5 Å². The SMILES string of the molecule is CCc1ccc(C(=O)NC2CNCC2C)o1. The van der Waals surface area contributed by atoms with Crippen molar-refractivity contribution < 1.29 is 9.21 Å². The molecule has 1 aromatic heterocycles. The maximum Gasteiger partial charge on any atom is 0.287 e. The van der Waals surface area contributed by atoms with Gasteiger partial charge in [0.1, 0.15) is 5.76 Å². The second-order valence-corrected chi connectivity index (χ2v) is 4.33. The fourth-order valence-corrected chi connectivity index (χ4v) is 1.93. The summed E-state index contributed by atoms with van der Waals surface area (Å²) in [5.41, 5.74) is 0. The van der Waals surface area contributed by atoms with E-state index in [0.717, 1.165) is 25.3 Å². The molecule has 0 aromatic carbocycles. The molecule has 2 rings (SSSR count). The first kappa shape index (κ1) is 11.2. The van der Waals surface area contributed by atoms with Gasteiger partial charge in [0.15, 0.2) is 5.76 Å². The number of furan rings is 1. The Labute approximate surface area is 95.4 Å². The minimum Gasteiger partial charge on any atom is -0.456 e. The van der Waals surface area contributed by atoms with Gasteiger partial charge in [-0.15, -0.1) is 0 Å². The molecule has 0 aliphatic carbocycles. The lowest BCUT2D eigenvalue weighted by atomic mass is 10.1. The summed E-state index contributed by atoms with van der Waals surface area (Å²) in [5, 5.41) is 6.24. The minimum absolute atomic E-state index is 0.111. The molecule has 0 bridgehead atoms. The molecule has 16 heavy (non-hydrogen) atoms. The van der Waals surface area contributed by atoms with E-state index in [-0.39, 0.29) is 11.9 Å². The van der Waals surface area contributed by atoms with E-state index in [0.29, 0.717) is 11.7 Å². The van der Waals surface area contributed by atoms with Crippen LogP contribution < -0.4 is 10.6 Å². The van der Waals surface area contributed by atoms with Crippen LogP contribution in [0.4, 0.5) is 0 Å². The number of hydrogen-bond donors (Lipinski definition) is 2. The van der Waals surface area contributed by atoms with Crippen molar-refractivity contribution in [3.8, 4) is 0 Å². The molecule has 2 N–H and O–H groups in total. The summed E-state index contributed by atoms with van der Waals surface area (Å²) >= 11 is 0. The fraction of sp³-hybridized carbons (Fsp3) is 0.583. The van der Waals surface area contributed by atoms with Crippen LogP contribution in [0.25, 0.3) is 0 Å². The van der Waals surface area contributed by atoms with E-state index in [4.69, 9.17) is 4.42 Å². The molecular formula is C12H18N2O2. The first-order chi connectivity index (χ1) is 7.70. The lowest BCUT2D eigenvalue weighted by Crippen LogP contribution is -2.39. The van der Waals surface area contributed by atoms with E-state index < -0.39 is 0 Å². The van der Waals surface area contributed by atoms with Crippen LogP contribution >= 0.6 is 0 Å². The predicted molar refractivity (Wildman–Crippen MR) is 61.4 cm³/mol. The Balaban J connectivity index is 1.97. The highest BCUT2D eigenvalue weighted by molar-refractivity contribution is 5.91. The van der Waals surface area contributed by atoms with Crippen LogP contribution in [0, 0.1) is 5.92 Å². The first-order valence-electron chi connectivity index (χ1n) is 5.81. The average Bonchev–Trinajstić information content (AvgIpc) is 2.88. The van der Waals surface area contributed by atoms with Gasteiger partial charge in [0.05, 0.1) is 0 Å². The van der Waals surface area contributed by atoms with Gasteiger partial charge >= 0.3 is 0 Å². The van der Waals surface area contributed by atoms with E-state index in [1.165, 1.54) is 0 Å². The van der Waals surface area contributed by atoms with Crippen LogP contribution in [0.2, 0.25) is 0 Å². The zero-order valence-electron chi connectivity index (χ0n) is 9.75. The molecule has 1 aliphatic rings. The number of carbonyl (C=O) groups excluding carboxylic acids is 1. The molecular weight excluding hydrogens is 204 g/mol. The van der Waals surface area contributed by atoms with Crippen molar-refractivity contribution in [3.05, 3.63) is 23.7 Å². The van der Waals surface area contributed by atoms with Gasteiger partial charge in [-0.2, -0.15) is 0 Å². The second-order valence-electron chi connectivity index (χ2n) is 4.33. The maximum atomic E-state index is 11.8. The number of carbonyl (C=O) groups is 1. The molecule has 88 valence electrons. The van der Waals surface area contributed by atoms with Gasteiger partial charge in [-0.3, -0.25) is 4.79 Å². The number of aryl methyl sites for hydroxylation is 1. The third kappa shape index (κ3) is 2.27. The third-order valence-corrected chi connectivity index (χ3v) is 3.07. The van der Waals surface area contributed by atoms with E-state index in [2.05, 4.69) is 17.6 Å². The van der Waals surface area contributed by atoms with Crippen LogP contribution in [-0.4, -0.2) is 25.0 Å². The van der Waals surface area contributed by atoms with Gasteiger partial charge in [0.25, 0.3) is 5.91 Å². The van der Waals surface area contributed by atoms with E-state index in [1.807, 2.05) is 13.0 Å². The fourth-order valence-electron chi connectivity index (χ4n) is 1.93. The molecule has 1 saturated heterocycles. The molecule has 4 nitrogen and oxygen atoms in total. The van der Waals surface area contributed by atoms with Crippen LogP contribution in [0.1, 0.15) is 30.2 Å². The van der Waals surface area contributed by atoms with Crippen molar-refractivity contribution in [1.29, 1.82) is 0 Å². The van der Waals surface area contributed by atoms with Crippen LogP contribution in [-0.2, 0) is 6.42 Å². The number of amides is 1. The van der Waals surface area contributed by atoms with Crippen molar-refractivity contribution in [2.45, 2.75) is 26.3 Å². The molecule has 1 fully saturated rings. The highest BCUT2D eigenvalue weighted by Crippen LogP contribution is 2.11. The topological polar surface area (TPSA) is 54.3 Å². The predicted octanol–water partition coefficient (Wildman–Crippen LogP) is 1.18. The smallest absolute Gasteiger partial charge is 0.287 e. The molecule has 0 radical (unpaired) electrons. The van der Waals surface area contributed by atoms with E-state index in [9.17, 15) is 4.79 Å². The molecule has 1 amide bonds. The Kier molecular flexibility index (Phi) is 3.29. The summed E-state index contributed by atoms with van der Waals surface area (Å²) in [6, 6.07) is 3.80. The monoisotopic (exact) mass is 222 g/mol. The highest BCUT2D eigenvalue weighted by Gasteiger charge is 2.25. The second kappa shape index (κ2) is 4.70. The largest absolute Gasteiger partial charge is 0.456 e. The maximum absolute atomic E-state index is 11.8. The third-order valence-electron chi connectivity index (χ3n) is 3.07. The zero-order valence-corrected chi connectivity index (χ0v) is 9.75. The molecule has 1 aromatic rings. The molecule has 0 spiro atoms. The minimum atomic E-state index is -0.111. The Morgan fingerprint density at radius 2 is 2.38 bits per heavy atom. The Morgan fingerprint density at radius 1 is 1.56 bits per heavy atom. The van der Waals surface area contributed by atoms with Crippen molar-refractivity contribution >= 4 is 5.91 Å². The van der Waals surface area contributed by atoms with Crippen LogP contribution in [0.5, 0.6) is 0 Å².